The molecule has 0 saturated heterocycles. The van der Waals surface area contributed by atoms with Gasteiger partial charge in [-0.1, -0.05) is 0 Å². The fourth-order valence-electron chi connectivity index (χ4n) is 3.29. The van der Waals surface area contributed by atoms with E-state index in [9.17, 15) is 18.8 Å². The highest BCUT2D eigenvalue weighted by molar-refractivity contribution is 5.97. The first-order valence-corrected chi connectivity index (χ1v) is 10.6. The predicted octanol–water partition coefficient (Wildman–Crippen LogP) is 0.393. The molecule has 0 aliphatic heterocycles. The number of nitrogens with zero attached hydrogens (tertiary/aromatic N) is 5. The first kappa shape index (κ1) is 26.0. The Hall–Kier alpha value is -4.62. The second-order valence-corrected chi connectivity index (χ2v) is 7.68. The molecule has 0 radical (unpaired) electrons. The van der Waals surface area contributed by atoms with Gasteiger partial charge in [0.1, 0.15) is 6.04 Å². The maximum absolute atomic E-state index is 14.0. The molecule has 0 fully saturated rings. The van der Waals surface area contributed by atoms with Gasteiger partial charge in [-0.15, -0.1) is 0 Å². The molecule has 0 aliphatic rings. The molecule has 3 rings (SSSR count). The minimum atomic E-state index is -2.10. The number of methoxy groups -OCH3 is 2. The van der Waals surface area contributed by atoms with Crippen molar-refractivity contribution in [1.29, 1.82) is 0 Å². The van der Waals surface area contributed by atoms with E-state index in [0.29, 0.717) is 17.8 Å². The quantitative estimate of drug-likeness (QED) is 0.343. The minimum Gasteiger partial charge on any atom is -0.467 e. The number of nitrogens with one attached hydrogen (secondary N) is 1. The fraction of sp³-hybridized carbons (Fsp3) is 0.318. The molecule has 0 spiro atoms. The number of aromatic nitrogens is 4. The highest BCUT2D eigenvalue weighted by Crippen LogP contribution is 2.19. The Morgan fingerprint density at radius 1 is 1.06 bits per heavy atom. The number of halogens is 1. The van der Waals surface area contributed by atoms with Crippen LogP contribution in [0.15, 0.2) is 30.5 Å². The number of benzene rings is 1. The third-order valence-electron chi connectivity index (χ3n) is 5.16. The highest BCUT2D eigenvalue weighted by atomic mass is 19.1. The van der Waals surface area contributed by atoms with Crippen molar-refractivity contribution in [3.63, 3.8) is 0 Å². The number of carbonyl (C=O) groups excluding carboxylic acids is 3. The van der Waals surface area contributed by atoms with Gasteiger partial charge in [0.15, 0.2) is 23.2 Å². The summed E-state index contributed by atoms with van der Waals surface area (Å²) >= 11 is 0. The zero-order valence-corrected chi connectivity index (χ0v) is 19.8. The molecule has 3 aromatic rings. The third kappa shape index (κ3) is 6.08. The summed E-state index contributed by atoms with van der Waals surface area (Å²) in [5.41, 5.74) is 13.6. The van der Waals surface area contributed by atoms with Crippen LogP contribution in [0.1, 0.15) is 22.5 Å². The Balaban J connectivity index is 1.68. The van der Waals surface area contributed by atoms with Gasteiger partial charge in [-0.05, 0) is 24.3 Å². The van der Waals surface area contributed by atoms with Crippen LogP contribution in [-0.2, 0) is 25.6 Å². The Morgan fingerprint density at radius 2 is 1.72 bits per heavy atom. The molecule has 1 amide bonds. The van der Waals surface area contributed by atoms with Gasteiger partial charge in [0.25, 0.3) is 5.91 Å². The van der Waals surface area contributed by atoms with Gasteiger partial charge in [0.05, 0.1) is 32.7 Å². The number of fused-ring (bicyclic) bond motifs is 1. The number of rotatable bonds is 9. The SMILES string of the molecule is COC(=O)[C@H](F)C[C@H](NC(=O)c1ccc(N(C)Cc2cnc3nc(N)nc(N)c3n2)cc1)C(=O)OC. The largest absolute Gasteiger partial charge is 0.467 e. The Morgan fingerprint density at radius 3 is 2.36 bits per heavy atom. The lowest BCUT2D eigenvalue weighted by atomic mass is 10.1. The van der Waals surface area contributed by atoms with Gasteiger partial charge in [-0.3, -0.25) is 4.79 Å². The van der Waals surface area contributed by atoms with Crippen molar-refractivity contribution in [3.8, 4) is 0 Å². The van der Waals surface area contributed by atoms with E-state index < -0.39 is 36.5 Å². The van der Waals surface area contributed by atoms with Gasteiger partial charge >= 0.3 is 11.9 Å². The minimum absolute atomic E-state index is 0.00850. The van der Waals surface area contributed by atoms with Crippen molar-refractivity contribution in [2.24, 2.45) is 0 Å². The average molecular weight is 500 g/mol. The van der Waals surface area contributed by atoms with Crippen LogP contribution in [0, 0.1) is 0 Å². The van der Waals surface area contributed by atoms with Crippen LogP contribution < -0.4 is 21.7 Å². The topological polar surface area (TPSA) is 189 Å². The van der Waals surface area contributed by atoms with Gasteiger partial charge < -0.3 is 31.2 Å². The number of hydrogen-bond donors (Lipinski definition) is 3. The summed E-state index contributed by atoms with van der Waals surface area (Å²) in [4.78, 5) is 54.4. The summed E-state index contributed by atoms with van der Waals surface area (Å²) in [6, 6.07) is 5.05. The summed E-state index contributed by atoms with van der Waals surface area (Å²) in [5, 5.41) is 2.38. The molecule has 0 unspecified atom stereocenters. The predicted molar refractivity (Wildman–Crippen MR) is 127 cm³/mol. The zero-order valence-electron chi connectivity index (χ0n) is 19.8. The van der Waals surface area contributed by atoms with E-state index in [0.717, 1.165) is 19.9 Å². The van der Waals surface area contributed by atoms with Crippen LogP contribution in [-0.4, -0.2) is 71.3 Å². The molecule has 13 nitrogen and oxygen atoms in total. The number of nitrogen functional groups attached to an aromatic ring is 2. The first-order valence-electron chi connectivity index (χ1n) is 10.6. The van der Waals surface area contributed by atoms with E-state index in [1.165, 1.54) is 12.1 Å². The normalized spacial score (nSPS) is 12.4. The number of nitrogens with two attached hydrogens (primary N) is 2. The maximum atomic E-state index is 14.0. The van der Waals surface area contributed by atoms with Gasteiger partial charge in [0, 0.05) is 24.7 Å². The van der Waals surface area contributed by atoms with Crippen LogP contribution in [0.3, 0.4) is 0 Å². The number of hydrogen-bond acceptors (Lipinski definition) is 12. The molecular weight excluding hydrogens is 475 g/mol. The zero-order chi connectivity index (χ0) is 26.4. The lowest BCUT2D eigenvalue weighted by Gasteiger charge is -2.20. The van der Waals surface area contributed by atoms with Crippen molar-refractivity contribution in [2.75, 3.05) is 37.6 Å². The van der Waals surface area contributed by atoms with E-state index in [1.807, 2.05) is 11.9 Å². The second-order valence-electron chi connectivity index (χ2n) is 7.68. The molecule has 2 heterocycles. The molecule has 2 atom stereocenters. The molecule has 1 aromatic carbocycles. The third-order valence-corrected chi connectivity index (χ3v) is 5.16. The average Bonchev–Trinajstić information content (AvgIpc) is 2.87. The Kier molecular flexibility index (Phi) is 8.09. The number of alkyl halides is 1. The van der Waals surface area contributed by atoms with Crippen LogP contribution in [0.4, 0.5) is 21.8 Å². The lowest BCUT2D eigenvalue weighted by molar-refractivity contribution is -0.148. The van der Waals surface area contributed by atoms with Crippen molar-refractivity contribution >= 4 is 46.5 Å². The fourth-order valence-corrected chi connectivity index (χ4v) is 3.29. The molecule has 190 valence electrons. The summed E-state index contributed by atoms with van der Waals surface area (Å²) in [6.07, 6.45) is -1.18. The number of ether oxygens (including phenoxy) is 2. The van der Waals surface area contributed by atoms with E-state index in [2.05, 4.69) is 34.7 Å². The number of anilines is 3. The van der Waals surface area contributed by atoms with Crippen LogP contribution in [0.25, 0.3) is 11.2 Å². The monoisotopic (exact) mass is 500 g/mol. The summed E-state index contributed by atoms with van der Waals surface area (Å²) < 4.78 is 22.9. The standard InChI is InChI=1S/C22H25FN8O5/c1-31(10-12-9-26-18-16(27-12)17(24)29-22(25)30-18)13-6-4-11(5-7-13)19(32)28-15(21(34)36-3)8-14(23)20(33)35-2/h4-7,9,14-15H,8,10H2,1-3H3,(H,28,32)(H4,24,25,26,29,30)/t14-,15+/m1/s1. The van der Waals surface area contributed by atoms with Gasteiger partial charge in [-0.25, -0.2) is 23.9 Å². The lowest BCUT2D eigenvalue weighted by Crippen LogP contribution is -2.44. The molecule has 0 bridgehead atoms. The molecule has 2 aromatic heterocycles. The molecule has 0 aliphatic carbocycles. The maximum Gasteiger partial charge on any atom is 0.340 e. The van der Waals surface area contributed by atoms with Gasteiger partial charge in [-0.2, -0.15) is 9.97 Å². The van der Waals surface area contributed by atoms with E-state index in [1.54, 1.807) is 18.3 Å². The second kappa shape index (κ2) is 11.2. The summed E-state index contributed by atoms with van der Waals surface area (Å²) in [7, 11) is 3.92. The smallest absolute Gasteiger partial charge is 0.340 e. The highest BCUT2D eigenvalue weighted by Gasteiger charge is 2.30. The molecule has 14 heteroatoms. The Labute approximate surface area is 205 Å². The van der Waals surface area contributed by atoms with Crippen LogP contribution >= 0.6 is 0 Å². The van der Waals surface area contributed by atoms with Crippen LogP contribution in [0.2, 0.25) is 0 Å². The Bertz CT molecular complexity index is 1270. The molecule has 5 N–H and O–H groups in total. The van der Waals surface area contributed by atoms with E-state index >= 15 is 0 Å². The summed E-state index contributed by atoms with van der Waals surface area (Å²) in [6.45, 7) is 0.355. The first-order chi connectivity index (χ1) is 17.1. The van der Waals surface area contributed by atoms with Gasteiger partial charge in [0.2, 0.25) is 5.95 Å². The number of carbonyl (C=O) groups is 3. The van der Waals surface area contributed by atoms with Crippen molar-refractivity contribution in [3.05, 3.63) is 41.7 Å². The van der Waals surface area contributed by atoms with E-state index in [-0.39, 0.29) is 23.0 Å². The molecular formula is C22H25FN8O5. The van der Waals surface area contributed by atoms with Crippen molar-refractivity contribution < 1.29 is 28.2 Å². The number of amides is 1. The van der Waals surface area contributed by atoms with E-state index in [4.69, 9.17) is 11.5 Å². The van der Waals surface area contributed by atoms with Crippen LogP contribution in [0.5, 0.6) is 0 Å². The number of esters is 2. The van der Waals surface area contributed by atoms with Crippen molar-refractivity contribution in [1.82, 2.24) is 25.3 Å². The van der Waals surface area contributed by atoms with Crippen molar-refractivity contribution in [2.45, 2.75) is 25.2 Å². The molecule has 0 saturated carbocycles. The molecule has 36 heavy (non-hydrogen) atoms. The summed E-state index contributed by atoms with van der Waals surface area (Å²) in [5.74, 6) is -2.56.